The molecule has 12 rings (SSSR count). The number of nitrogens with zero attached hydrogens (tertiary/aromatic N) is 3. The molecule has 0 bridgehead atoms. The third-order valence-corrected chi connectivity index (χ3v) is 17.1. The quantitative estimate of drug-likeness (QED) is 0.164. The van der Waals surface area contributed by atoms with Crippen molar-refractivity contribution in [3.8, 4) is 5.69 Å². The molecule has 332 valence electrons. The normalized spacial score (nSPS) is 19.3. The molecule has 0 radical (unpaired) electrons. The fourth-order valence-electron chi connectivity index (χ4n) is 12.3. The predicted octanol–water partition coefficient (Wildman–Crippen LogP) is 14.7. The lowest BCUT2D eigenvalue weighted by atomic mass is 9.36. The Kier molecular flexibility index (Phi) is 7.55. The minimum absolute atomic E-state index is 0.0174. The molecular weight excluding hydrogens is 839 g/mol. The second kappa shape index (κ2) is 13.7. The molecule has 3 nitrogen and oxygen atoms in total. The molecule has 2 aromatic heterocycles. The summed E-state index contributed by atoms with van der Waals surface area (Å²) in [4.78, 5) is 4.11. The van der Waals surface area contributed by atoms with Crippen LogP contribution < -0.4 is 25.5 Å². The highest BCUT2D eigenvalue weighted by molar-refractivity contribution is 7.33. The van der Waals surface area contributed by atoms with E-state index < -0.39 is 53.1 Å². The lowest BCUT2D eigenvalue weighted by Gasteiger charge is -2.45. The Hall–Kier alpha value is -5.73. The molecular formula is C58H55BF3N3S. The highest BCUT2D eigenvalue weighted by atomic mass is 32.1. The number of thiophene rings is 1. The Bertz CT molecular complexity index is 3670. The maximum absolute atomic E-state index is 16.6. The number of para-hydroxylation sites is 2. The van der Waals surface area contributed by atoms with Crippen molar-refractivity contribution >= 4 is 88.9 Å². The van der Waals surface area contributed by atoms with Gasteiger partial charge in [0.15, 0.2) is 0 Å². The summed E-state index contributed by atoms with van der Waals surface area (Å²) in [5, 5.41) is 1.45. The van der Waals surface area contributed by atoms with Crippen molar-refractivity contribution in [3.05, 3.63) is 154 Å². The van der Waals surface area contributed by atoms with E-state index in [1.54, 1.807) is 11.0 Å². The van der Waals surface area contributed by atoms with E-state index in [0.29, 0.717) is 22.3 Å². The van der Waals surface area contributed by atoms with Crippen LogP contribution in [0.25, 0.3) is 26.7 Å². The van der Waals surface area contributed by atoms with Crippen LogP contribution in [0.5, 0.6) is 0 Å². The van der Waals surface area contributed by atoms with Crippen molar-refractivity contribution in [2.24, 2.45) is 0 Å². The van der Waals surface area contributed by atoms with Gasteiger partial charge in [0.05, 0.1) is 18.1 Å². The van der Waals surface area contributed by atoms with Gasteiger partial charge >= 0.3 is 0 Å². The van der Waals surface area contributed by atoms with Gasteiger partial charge in [-0.3, -0.25) is 0 Å². The Labute approximate surface area is 398 Å². The number of anilines is 6. The second-order valence-corrected chi connectivity index (χ2v) is 23.1. The molecule has 8 aromatic rings. The van der Waals surface area contributed by atoms with Crippen molar-refractivity contribution in [1.82, 2.24) is 4.57 Å². The molecule has 0 amide bonds. The fraction of sp³-hybridized carbons (Fsp3) is 0.310. The number of fused-ring (bicyclic) bond motifs is 10. The molecule has 0 unspecified atom stereocenters. The summed E-state index contributed by atoms with van der Waals surface area (Å²) >= 11 is 1.51. The van der Waals surface area contributed by atoms with Crippen LogP contribution in [0, 0.1) is 31.3 Å². The molecule has 2 aliphatic heterocycles. The molecule has 0 fully saturated rings. The minimum atomic E-state index is -0.651. The second-order valence-electron chi connectivity index (χ2n) is 22.0. The molecule has 66 heavy (non-hydrogen) atoms. The molecule has 6 aromatic carbocycles. The van der Waals surface area contributed by atoms with Crippen LogP contribution in [0.15, 0.2) is 103 Å². The molecule has 0 saturated carbocycles. The third kappa shape index (κ3) is 5.69. The average Bonchev–Trinajstić information content (AvgIpc) is 3.85. The monoisotopic (exact) mass is 898 g/mol. The van der Waals surface area contributed by atoms with E-state index in [4.69, 9.17) is 4.11 Å². The predicted molar refractivity (Wildman–Crippen MR) is 273 cm³/mol. The van der Waals surface area contributed by atoms with Gasteiger partial charge in [-0.25, -0.2) is 13.2 Å². The van der Waals surface area contributed by atoms with Crippen LogP contribution in [0.3, 0.4) is 0 Å². The maximum atomic E-state index is 16.6. The van der Waals surface area contributed by atoms with Crippen molar-refractivity contribution in [2.45, 2.75) is 117 Å². The van der Waals surface area contributed by atoms with E-state index in [-0.39, 0.29) is 34.3 Å². The number of rotatable bonds is 3. The Morgan fingerprint density at radius 3 is 1.95 bits per heavy atom. The Morgan fingerprint density at radius 2 is 1.26 bits per heavy atom. The Balaban J connectivity index is 1.29. The lowest BCUT2D eigenvalue weighted by Crippen LogP contribution is -2.60. The molecule has 0 atom stereocenters. The first kappa shape index (κ1) is 36.4. The van der Waals surface area contributed by atoms with Crippen molar-refractivity contribution in [2.75, 3.05) is 9.80 Å². The van der Waals surface area contributed by atoms with Crippen LogP contribution >= 0.6 is 11.3 Å². The van der Waals surface area contributed by atoms with Crippen LogP contribution in [0.1, 0.15) is 121 Å². The number of hydrogen-bond acceptors (Lipinski definition) is 3. The molecule has 0 spiro atoms. The van der Waals surface area contributed by atoms with E-state index in [1.165, 1.54) is 52.8 Å². The molecule has 8 heteroatoms. The summed E-state index contributed by atoms with van der Waals surface area (Å²) < 4.78 is 97.8. The summed E-state index contributed by atoms with van der Waals surface area (Å²) in [6.45, 7) is 21.7. The summed E-state index contributed by atoms with van der Waals surface area (Å²) in [5.74, 6) is -1.76. The zero-order valence-electron chi connectivity index (χ0n) is 44.2. The highest BCUT2D eigenvalue weighted by Gasteiger charge is 2.49. The third-order valence-electron chi connectivity index (χ3n) is 15.8. The summed E-state index contributed by atoms with van der Waals surface area (Å²) in [6.07, 6.45) is 3.69. The summed E-state index contributed by atoms with van der Waals surface area (Å²) in [5.41, 5.74) is 11.4. The zero-order valence-corrected chi connectivity index (χ0v) is 40.0. The van der Waals surface area contributed by atoms with E-state index in [1.807, 2.05) is 17.6 Å². The van der Waals surface area contributed by atoms with Crippen molar-refractivity contribution in [1.29, 1.82) is 0 Å². The van der Waals surface area contributed by atoms with Gasteiger partial charge < -0.3 is 14.4 Å². The number of benzene rings is 6. The van der Waals surface area contributed by atoms with Gasteiger partial charge in [0.1, 0.15) is 23.1 Å². The fourth-order valence-corrected chi connectivity index (χ4v) is 13.6. The van der Waals surface area contributed by atoms with E-state index in [9.17, 15) is 2.74 Å². The first-order valence-corrected chi connectivity index (χ1v) is 24.0. The smallest absolute Gasteiger partial charge is 0.264 e. The number of halogens is 3. The molecule has 4 aliphatic rings. The molecule has 4 heterocycles. The van der Waals surface area contributed by atoms with E-state index in [0.717, 1.165) is 90.9 Å². The maximum Gasteiger partial charge on any atom is 0.264 e. The number of hydrogen-bond donors (Lipinski definition) is 0. The average molecular weight is 899 g/mol. The van der Waals surface area contributed by atoms with E-state index >= 15 is 13.2 Å². The van der Waals surface area contributed by atoms with Crippen molar-refractivity contribution < 1.29 is 20.0 Å². The number of aryl methyl sites for hydroxylation is 2. The van der Waals surface area contributed by atoms with Gasteiger partial charge in [-0.15, -0.1) is 11.3 Å². The van der Waals surface area contributed by atoms with Crippen LogP contribution in [-0.2, 0) is 21.7 Å². The SMILES string of the molecule is [2H]c1c([2H])c([2H])c(N2c3cc(C)cc4c3B(c3cc5c6c(n(-c7c(F)cccc7F)c5cc3N4c3cc4c(cc3C)C(C)(C)CCC4(C)C)C(C)(C)CCC6(C)C)c3sc4ccc(F)cc4c32)c([2H])c1[2H]. The molecule has 0 N–H and O–H groups in total. The topological polar surface area (TPSA) is 11.4 Å². The van der Waals surface area contributed by atoms with Gasteiger partial charge in [-0.2, -0.15) is 0 Å². The van der Waals surface area contributed by atoms with Gasteiger partial charge in [0.2, 0.25) is 0 Å². The van der Waals surface area contributed by atoms with Crippen molar-refractivity contribution in [3.63, 3.8) is 0 Å². The lowest BCUT2D eigenvalue weighted by molar-refractivity contribution is 0.323. The standard InChI is InChI=1S/C58H55BF3N3S/c1-32-25-46-50-47(26-32)64(43-30-39-38(27-33(43)2)55(3,4)21-22-56(39,5)6)45-31-44-36(49-53(58(9,10)24-23-57(49,7)8)65(44)52-41(61)17-14-18-42(52)62)29-40(45)59(50)54-51(63(46)35-15-12-11-13-16-35)37-28-34(60)19-20-48(37)66-54/h11-20,25-31H,21-24H2,1-10H3/i11D,12D,13D,15D,16D. The Morgan fingerprint density at radius 1 is 0.621 bits per heavy atom. The van der Waals surface area contributed by atoms with Crippen LogP contribution in [0.2, 0.25) is 0 Å². The highest BCUT2D eigenvalue weighted by Crippen LogP contribution is 2.55. The van der Waals surface area contributed by atoms with Crippen LogP contribution in [-0.4, -0.2) is 11.3 Å². The first-order valence-electron chi connectivity index (χ1n) is 25.7. The first-order chi connectivity index (χ1) is 33.3. The zero-order chi connectivity index (χ0) is 50.5. The van der Waals surface area contributed by atoms with Crippen LogP contribution in [0.4, 0.5) is 47.3 Å². The minimum Gasteiger partial charge on any atom is -0.311 e. The summed E-state index contributed by atoms with van der Waals surface area (Å²) in [6, 6.07) is 19.9. The molecule has 0 saturated heterocycles. The van der Waals surface area contributed by atoms with Gasteiger partial charge in [0.25, 0.3) is 6.71 Å². The van der Waals surface area contributed by atoms with Gasteiger partial charge in [0, 0.05) is 59.8 Å². The van der Waals surface area contributed by atoms with E-state index in [2.05, 4.69) is 97.5 Å². The number of aromatic nitrogens is 1. The largest absolute Gasteiger partial charge is 0.311 e. The van der Waals surface area contributed by atoms with Gasteiger partial charge in [-0.1, -0.05) is 91.7 Å². The summed E-state index contributed by atoms with van der Waals surface area (Å²) in [7, 11) is 0. The van der Waals surface area contributed by atoms with Gasteiger partial charge in [-0.05, 0) is 161 Å². The molecule has 2 aliphatic carbocycles.